The zero-order valence-electron chi connectivity index (χ0n) is 17.3. The summed E-state index contributed by atoms with van der Waals surface area (Å²) >= 11 is 0. The quantitative estimate of drug-likeness (QED) is 0.448. The Kier molecular flexibility index (Phi) is 5.40. The maximum atomic E-state index is 13.1. The fraction of sp³-hybridized carbons (Fsp3) is 0.115. The van der Waals surface area contributed by atoms with Gasteiger partial charge in [-0.25, -0.2) is 0 Å². The van der Waals surface area contributed by atoms with E-state index in [1.54, 1.807) is 7.11 Å². The van der Waals surface area contributed by atoms with Gasteiger partial charge in [-0.15, -0.1) is 0 Å². The highest BCUT2D eigenvalue weighted by molar-refractivity contribution is 6.06. The first-order valence-corrected chi connectivity index (χ1v) is 9.87. The predicted molar refractivity (Wildman–Crippen MR) is 122 cm³/mol. The minimum Gasteiger partial charge on any atom is -0.497 e. The van der Waals surface area contributed by atoms with Crippen molar-refractivity contribution in [3.05, 3.63) is 102 Å². The van der Waals surface area contributed by atoms with Gasteiger partial charge in [-0.1, -0.05) is 35.9 Å². The molecule has 4 nitrogen and oxygen atoms in total. The molecule has 1 N–H and O–H groups in total. The van der Waals surface area contributed by atoms with E-state index in [0.29, 0.717) is 5.56 Å². The zero-order valence-corrected chi connectivity index (χ0v) is 17.3. The molecule has 0 bridgehead atoms. The Labute approximate surface area is 176 Å². The third-order valence-electron chi connectivity index (χ3n) is 5.20. The first-order chi connectivity index (χ1) is 14.6. The number of hydrogen-bond donors (Lipinski definition) is 1. The first-order valence-electron chi connectivity index (χ1n) is 9.87. The van der Waals surface area contributed by atoms with Gasteiger partial charge in [0.25, 0.3) is 5.91 Å². The molecule has 0 atom stereocenters. The smallest absolute Gasteiger partial charge is 0.257 e. The SMILES string of the molecule is COc1ccc(-c2cc(C(=O)Nc3ccc(C)cc3)c(C)n2-c2ccccc2)cc1. The number of ether oxygens (including phenoxy) is 1. The van der Waals surface area contributed by atoms with Crippen molar-refractivity contribution in [3.63, 3.8) is 0 Å². The van der Waals surface area contributed by atoms with Crippen molar-refractivity contribution in [1.29, 1.82) is 0 Å². The van der Waals surface area contributed by atoms with Crippen molar-refractivity contribution < 1.29 is 9.53 Å². The van der Waals surface area contributed by atoms with Crippen LogP contribution in [0.1, 0.15) is 21.6 Å². The molecule has 4 aromatic rings. The van der Waals surface area contributed by atoms with Crippen molar-refractivity contribution in [1.82, 2.24) is 4.57 Å². The third kappa shape index (κ3) is 3.85. The van der Waals surface area contributed by atoms with E-state index in [2.05, 4.69) is 9.88 Å². The zero-order chi connectivity index (χ0) is 21.1. The number of amides is 1. The Hall–Kier alpha value is -3.79. The summed E-state index contributed by atoms with van der Waals surface area (Å²) in [6.07, 6.45) is 0. The molecule has 0 fully saturated rings. The van der Waals surface area contributed by atoms with Crippen LogP contribution >= 0.6 is 0 Å². The number of nitrogens with zero attached hydrogens (tertiary/aromatic N) is 1. The lowest BCUT2D eigenvalue weighted by Crippen LogP contribution is -2.13. The second-order valence-electron chi connectivity index (χ2n) is 7.25. The number of carbonyl (C=O) groups excluding carboxylic acids is 1. The number of para-hydroxylation sites is 1. The second kappa shape index (κ2) is 8.29. The number of methoxy groups -OCH3 is 1. The maximum Gasteiger partial charge on any atom is 0.257 e. The minimum absolute atomic E-state index is 0.124. The van der Waals surface area contributed by atoms with Crippen LogP contribution in [0.4, 0.5) is 5.69 Å². The summed E-state index contributed by atoms with van der Waals surface area (Å²) in [6, 6.07) is 27.7. The Morgan fingerprint density at radius 2 is 1.53 bits per heavy atom. The summed E-state index contributed by atoms with van der Waals surface area (Å²) in [5.74, 6) is 0.673. The van der Waals surface area contributed by atoms with Crippen LogP contribution in [-0.2, 0) is 0 Å². The van der Waals surface area contributed by atoms with E-state index >= 15 is 0 Å². The molecule has 0 spiro atoms. The molecule has 0 aliphatic rings. The topological polar surface area (TPSA) is 43.3 Å². The highest BCUT2D eigenvalue weighted by atomic mass is 16.5. The van der Waals surface area contributed by atoms with Crippen molar-refractivity contribution in [3.8, 4) is 22.7 Å². The van der Waals surface area contributed by atoms with Crippen LogP contribution < -0.4 is 10.1 Å². The molecule has 1 amide bonds. The van der Waals surface area contributed by atoms with Gasteiger partial charge < -0.3 is 14.6 Å². The summed E-state index contributed by atoms with van der Waals surface area (Å²) in [5.41, 5.74) is 6.44. The van der Waals surface area contributed by atoms with Gasteiger partial charge in [-0.05, 0) is 74.0 Å². The average molecular weight is 396 g/mol. The first kappa shape index (κ1) is 19.5. The maximum absolute atomic E-state index is 13.1. The fourth-order valence-corrected chi connectivity index (χ4v) is 3.56. The van der Waals surface area contributed by atoms with Crippen LogP contribution in [0.2, 0.25) is 0 Å². The van der Waals surface area contributed by atoms with E-state index in [0.717, 1.165) is 39.6 Å². The Bertz CT molecular complexity index is 1160. The largest absolute Gasteiger partial charge is 0.497 e. The van der Waals surface area contributed by atoms with Crippen LogP contribution in [0.15, 0.2) is 84.9 Å². The highest BCUT2D eigenvalue weighted by Gasteiger charge is 2.20. The lowest BCUT2D eigenvalue weighted by molar-refractivity contribution is 0.102. The molecule has 0 saturated heterocycles. The van der Waals surface area contributed by atoms with E-state index in [1.165, 1.54) is 0 Å². The van der Waals surface area contributed by atoms with Crippen molar-refractivity contribution >= 4 is 11.6 Å². The lowest BCUT2D eigenvalue weighted by Gasteiger charge is -2.13. The Balaban J connectivity index is 1.79. The second-order valence-corrected chi connectivity index (χ2v) is 7.25. The molecule has 0 saturated carbocycles. The Morgan fingerprint density at radius 3 is 2.17 bits per heavy atom. The van der Waals surface area contributed by atoms with Gasteiger partial charge in [-0.3, -0.25) is 4.79 Å². The number of nitrogens with one attached hydrogen (secondary N) is 1. The number of aryl methyl sites for hydroxylation is 1. The van der Waals surface area contributed by atoms with Gasteiger partial charge >= 0.3 is 0 Å². The standard InChI is InChI=1S/C26H24N2O2/c1-18-9-13-21(14-10-18)27-26(29)24-17-25(20-11-15-23(30-3)16-12-20)28(19(24)2)22-7-5-4-6-8-22/h4-17H,1-3H3,(H,27,29). The molecule has 1 heterocycles. The van der Waals surface area contributed by atoms with Gasteiger partial charge in [0.15, 0.2) is 0 Å². The van der Waals surface area contributed by atoms with Gasteiger partial charge in [0.1, 0.15) is 5.75 Å². The van der Waals surface area contributed by atoms with Gasteiger partial charge in [0, 0.05) is 17.1 Å². The van der Waals surface area contributed by atoms with Crippen molar-refractivity contribution in [2.45, 2.75) is 13.8 Å². The van der Waals surface area contributed by atoms with Crippen LogP contribution in [0.25, 0.3) is 16.9 Å². The monoisotopic (exact) mass is 396 g/mol. The molecule has 4 heteroatoms. The molecule has 0 aliphatic heterocycles. The van der Waals surface area contributed by atoms with Crippen LogP contribution in [0.5, 0.6) is 5.75 Å². The lowest BCUT2D eigenvalue weighted by atomic mass is 10.1. The van der Waals surface area contributed by atoms with E-state index < -0.39 is 0 Å². The molecule has 1 aromatic heterocycles. The number of anilines is 1. The third-order valence-corrected chi connectivity index (χ3v) is 5.20. The van der Waals surface area contributed by atoms with Crippen LogP contribution in [0, 0.1) is 13.8 Å². The Morgan fingerprint density at radius 1 is 0.867 bits per heavy atom. The summed E-state index contributed by atoms with van der Waals surface area (Å²) < 4.78 is 7.41. The molecular weight excluding hydrogens is 372 g/mol. The summed E-state index contributed by atoms with van der Waals surface area (Å²) in [6.45, 7) is 4.00. The van der Waals surface area contributed by atoms with Crippen molar-refractivity contribution in [2.75, 3.05) is 12.4 Å². The number of benzene rings is 3. The van der Waals surface area contributed by atoms with E-state index in [9.17, 15) is 4.79 Å². The molecule has 150 valence electrons. The fourth-order valence-electron chi connectivity index (χ4n) is 3.56. The number of aromatic nitrogens is 1. The number of rotatable bonds is 5. The molecule has 0 radical (unpaired) electrons. The molecular formula is C26H24N2O2. The molecule has 30 heavy (non-hydrogen) atoms. The van der Waals surface area contributed by atoms with Crippen molar-refractivity contribution in [2.24, 2.45) is 0 Å². The summed E-state index contributed by atoms with van der Waals surface area (Å²) in [5, 5.41) is 3.02. The molecule has 0 unspecified atom stereocenters. The highest BCUT2D eigenvalue weighted by Crippen LogP contribution is 2.31. The van der Waals surface area contributed by atoms with Gasteiger partial charge in [0.05, 0.1) is 18.4 Å². The van der Waals surface area contributed by atoms with E-state index in [-0.39, 0.29) is 5.91 Å². The van der Waals surface area contributed by atoms with Crippen LogP contribution in [-0.4, -0.2) is 17.6 Å². The average Bonchev–Trinajstić information content (AvgIpc) is 3.13. The molecule has 0 aliphatic carbocycles. The predicted octanol–water partition coefficient (Wildman–Crippen LogP) is 6.02. The van der Waals surface area contributed by atoms with Gasteiger partial charge in [0.2, 0.25) is 0 Å². The number of carbonyl (C=O) groups is 1. The normalized spacial score (nSPS) is 10.6. The van der Waals surface area contributed by atoms with E-state index in [4.69, 9.17) is 4.74 Å². The molecule has 4 rings (SSSR count). The summed E-state index contributed by atoms with van der Waals surface area (Å²) in [4.78, 5) is 13.1. The minimum atomic E-state index is -0.124. The number of hydrogen-bond acceptors (Lipinski definition) is 2. The summed E-state index contributed by atoms with van der Waals surface area (Å²) in [7, 11) is 1.65. The molecule has 3 aromatic carbocycles. The van der Waals surface area contributed by atoms with Gasteiger partial charge in [-0.2, -0.15) is 0 Å². The van der Waals surface area contributed by atoms with E-state index in [1.807, 2.05) is 98.8 Å². The van der Waals surface area contributed by atoms with Crippen LogP contribution in [0.3, 0.4) is 0 Å².